The Labute approximate surface area is 122 Å². The number of aliphatic carboxylic acids is 1. The van der Waals surface area contributed by atoms with Gasteiger partial charge in [0.2, 0.25) is 0 Å². The number of anilines is 1. The number of aromatic nitrogens is 1. The number of hydrogen-bond acceptors (Lipinski definition) is 3. The Morgan fingerprint density at radius 1 is 1.14 bits per heavy atom. The molecule has 0 aliphatic rings. The van der Waals surface area contributed by atoms with Crippen LogP contribution in [0.2, 0.25) is 0 Å². The quantitative estimate of drug-likeness (QED) is 0.846. The minimum Gasteiger partial charge on any atom is -0.480 e. The molecule has 0 spiro atoms. The number of carbonyl (C=O) groups is 1. The molecule has 110 valence electrons. The van der Waals surface area contributed by atoms with Gasteiger partial charge in [0, 0.05) is 6.20 Å². The molecule has 21 heavy (non-hydrogen) atoms. The molecule has 0 fully saturated rings. The molecule has 0 radical (unpaired) electrons. The third kappa shape index (κ3) is 3.95. The predicted octanol–water partition coefficient (Wildman–Crippen LogP) is 1.69. The van der Waals surface area contributed by atoms with E-state index >= 15 is 0 Å². The summed E-state index contributed by atoms with van der Waals surface area (Å²) in [5.74, 6) is -1.06. The van der Waals surface area contributed by atoms with Gasteiger partial charge in [-0.3, -0.25) is 9.59 Å². The van der Waals surface area contributed by atoms with E-state index in [0.29, 0.717) is 6.42 Å². The topological polar surface area (TPSA) is 85.3 Å². The second kappa shape index (κ2) is 6.74. The fraction of sp³-hybridized carbons (Fsp3) is 0.250. The summed E-state index contributed by atoms with van der Waals surface area (Å²) in [7, 11) is 0. The number of nitrogen functional groups attached to an aromatic ring is 1. The lowest BCUT2D eigenvalue weighted by Gasteiger charge is -2.08. The van der Waals surface area contributed by atoms with Crippen LogP contribution in [0.15, 0.2) is 47.4 Å². The molecule has 1 aromatic carbocycles. The minimum atomic E-state index is -1.06. The first-order chi connectivity index (χ1) is 10.1. The van der Waals surface area contributed by atoms with Crippen LogP contribution < -0.4 is 11.3 Å². The van der Waals surface area contributed by atoms with Gasteiger partial charge >= 0.3 is 5.97 Å². The highest BCUT2D eigenvalue weighted by Gasteiger charge is 2.08. The maximum Gasteiger partial charge on any atom is 0.323 e. The van der Waals surface area contributed by atoms with Gasteiger partial charge in [-0.2, -0.15) is 0 Å². The van der Waals surface area contributed by atoms with Gasteiger partial charge in [0.25, 0.3) is 5.56 Å². The van der Waals surface area contributed by atoms with E-state index in [1.807, 2.05) is 18.2 Å². The molecule has 0 aliphatic carbocycles. The van der Waals surface area contributed by atoms with Gasteiger partial charge in [0.15, 0.2) is 0 Å². The Balaban J connectivity index is 2.02. The number of nitrogens with two attached hydrogens (primary N) is 1. The Bertz CT molecular complexity index is 678. The van der Waals surface area contributed by atoms with Crippen molar-refractivity contribution in [2.45, 2.75) is 25.8 Å². The Hall–Kier alpha value is -2.56. The number of aryl methyl sites for hydroxylation is 2. The summed E-state index contributed by atoms with van der Waals surface area (Å²) in [5, 5.41) is 8.72. The monoisotopic (exact) mass is 286 g/mol. The molecule has 0 saturated heterocycles. The van der Waals surface area contributed by atoms with Gasteiger partial charge in [-0.15, -0.1) is 0 Å². The van der Waals surface area contributed by atoms with Crippen molar-refractivity contribution in [2.24, 2.45) is 0 Å². The highest BCUT2D eigenvalue weighted by Crippen LogP contribution is 2.11. The summed E-state index contributed by atoms with van der Waals surface area (Å²) >= 11 is 0. The Kier molecular flexibility index (Phi) is 4.77. The van der Waals surface area contributed by atoms with Gasteiger partial charge in [-0.1, -0.05) is 30.3 Å². The molecular weight excluding hydrogens is 268 g/mol. The molecule has 5 heteroatoms. The van der Waals surface area contributed by atoms with Crippen LogP contribution >= 0.6 is 0 Å². The smallest absolute Gasteiger partial charge is 0.323 e. The zero-order chi connectivity index (χ0) is 15.2. The van der Waals surface area contributed by atoms with Crippen LogP contribution in [-0.4, -0.2) is 15.6 Å². The average molecular weight is 286 g/mol. The first kappa shape index (κ1) is 14.8. The van der Waals surface area contributed by atoms with Crippen LogP contribution in [-0.2, 0) is 24.2 Å². The van der Waals surface area contributed by atoms with E-state index in [4.69, 9.17) is 10.8 Å². The summed E-state index contributed by atoms with van der Waals surface area (Å²) in [6.45, 7) is -0.368. The van der Waals surface area contributed by atoms with Crippen LogP contribution in [0.3, 0.4) is 0 Å². The molecule has 0 atom stereocenters. The van der Waals surface area contributed by atoms with Crippen molar-refractivity contribution < 1.29 is 9.90 Å². The third-order valence-electron chi connectivity index (χ3n) is 3.35. The second-order valence-electron chi connectivity index (χ2n) is 4.92. The maximum atomic E-state index is 11.9. The van der Waals surface area contributed by atoms with Crippen molar-refractivity contribution in [3.8, 4) is 0 Å². The van der Waals surface area contributed by atoms with Crippen molar-refractivity contribution in [3.05, 3.63) is 64.1 Å². The molecule has 2 rings (SSSR count). The number of hydrogen-bond donors (Lipinski definition) is 2. The van der Waals surface area contributed by atoms with E-state index in [1.165, 1.54) is 11.8 Å². The standard InChI is InChI=1S/C16H18N2O3/c17-15-13(8-4-7-12-5-2-1-3-6-12)9-10-18(16(15)21)11-14(19)20/h1-3,5-6,9-10H,4,7-8,11,17H2,(H,19,20). The zero-order valence-corrected chi connectivity index (χ0v) is 11.7. The zero-order valence-electron chi connectivity index (χ0n) is 11.7. The van der Waals surface area contributed by atoms with E-state index in [1.54, 1.807) is 6.07 Å². The number of rotatable bonds is 6. The Morgan fingerprint density at radius 2 is 1.86 bits per heavy atom. The van der Waals surface area contributed by atoms with Crippen LogP contribution in [0.5, 0.6) is 0 Å². The molecular formula is C16H18N2O3. The predicted molar refractivity (Wildman–Crippen MR) is 81.2 cm³/mol. The number of carboxylic acids is 1. The molecule has 0 saturated carbocycles. The fourth-order valence-electron chi connectivity index (χ4n) is 2.25. The molecule has 0 amide bonds. The first-order valence-electron chi connectivity index (χ1n) is 6.81. The van der Waals surface area contributed by atoms with E-state index in [9.17, 15) is 9.59 Å². The third-order valence-corrected chi connectivity index (χ3v) is 3.35. The van der Waals surface area contributed by atoms with Gasteiger partial charge in [-0.05, 0) is 36.5 Å². The van der Waals surface area contributed by atoms with E-state index in [-0.39, 0.29) is 12.2 Å². The lowest BCUT2D eigenvalue weighted by molar-refractivity contribution is -0.137. The van der Waals surface area contributed by atoms with Crippen molar-refractivity contribution in [1.29, 1.82) is 0 Å². The minimum absolute atomic E-state index is 0.145. The molecule has 2 aromatic rings. The van der Waals surface area contributed by atoms with Crippen LogP contribution in [0.25, 0.3) is 0 Å². The summed E-state index contributed by atoms with van der Waals surface area (Å²) in [5.41, 5.74) is 7.54. The highest BCUT2D eigenvalue weighted by atomic mass is 16.4. The van der Waals surface area contributed by atoms with E-state index in [2.05, 4.69) is 12.1 Å². The number of carboxylic acid groups (broad SMARTS) is 1. The van der Waals surface area contributed by atoms with Gasteiger partial charge in [-0.25, -0.2) is 0 Å². The second-order valence-corrected chi connectivity index (χ2v) is 4.92. The molecule has 1 heterocycles. The Morgan fingerprint density at radius 3 is 2.52 bits per heavy atom. The van der Waals surface area contributed by atoms with Crippen molar-refractivity contribution in [1.82, 2.24) is 4.57 Å². The lowest BCUT2D eigenvalue weighted by atomic mass is 10.0. The highest BCUT2D eigenvalue weighted by molar-refractivity contribution is 5.66. The van der Waals surface area contributed by atoms with Crippen molar-refractivity contribution in [2.75, 3.05) is 5.73 Å². The maximum absolute atomic E-state index is 11.9. The van der Waals surface area contributed by atoms with Crippen LogP contribution in [0.4, 0.5) is 5.69 Å². The van der Waals surface area contributed by atoms with E-state index in [0.717, 1.165) is 23.0 Å². The molecule has 5 nitrogen and oxygen atoms in total. The number of pyridine rings is 1. The largest absolute Gasteiger partial charge is 0.480 e. The molecule has 0 unspecified atom stereocenters. The molecule has 3 N–H and O–H groups in total. The van der Waals surface area contributed by atoms with Crippen LogP contribution in [0.1, 0.15) is 17.5 Å². The van der Waals surface area contributed by atoms with Gasteiger partial charge in [0.1, 0.15) is 12.2 Å². The van der Waals surface area contributed by atoms with Crippen molar-refractivity contribution >= 4 is 11.7 Å². The van der Waals surface area contributed by atoms with E-state index < -0.39 is 11.5 Å². The van der Waals surface area contributed by atoms with Crippen molar-refractivity contribution in [3.63, 3.8) is 0 Å². The summed E-state index contributed by atoms with van der Waals surface area (Å²) in [6.07, 6.45) is 3.99. The molecule has 1 aromatic heterocycles. The van der Waals surface area contributed by atoms with Gasteiger partial charge in [0.05, 0.1) is 0 Å². The van der Waals surface area contributed by atoms with Crippen LogP contribution in [0, 0.1) is 0 Å². The fourth-order valence-corrected chi connectivity index (χ4v) is 2.25. The lowest BCUT2D eigenvalue weighted by Crippen LogP contribution is -2.26. The normalized spacial score (nSPS) is 10.5. The summed E-state index contributed by atoms with van der Waals surface area (Å²) in [6, 6.07) is 11.8. The summed E-state index contributed by atoms with van der Waals surface area (Å²) in [4.78, 5) is 22.6. The number of benzene rings is 1. The summed E-state index contributed by atoms with van der Waals surface area (Å²) < 4.78 is 1.11. The molecule has 0 aliphatic heterocycles. The van der Waals surface area contributed by atoms with Gasteiger partial charge < -0.3 is 15.4 Å². The SMILES string of the molecule is Nc1c(CCCc2ccccc2)ccn(CC(=O)O)c1=O. The first-order valence-corrected chi connectivity index (χ1v) is 6.81. The average Bonchev–Trinajstić information content (AvgIpc) is 2.47. The number of nitrogens with zero attached hydrogens (tertiary/aromatic N) is 1. The molecule has 0 bridgehead atoms.